The van der Waals surface area contributed by atoms with Crippen LogP contribution in [0.3, 0.4) is 0 Å². The molecule has 1 aliphatic heterocycles. The fourth-order valence-corrected chi connectivity index (χ4v) is 3.71. The summed E-state index contributed by atoms with van der Waals surface area (Å²) in [5, 5.41) is 10.5. The number of carbonyl (C=O) groups excluding carboxylic acids is 1. The number of hydrogen-bond donors (Lipinski definition) is 1. The van der Waals surface area contributed by atoms with E-state index in [1.807, 2.05) is 22.6 Å². The quantitative estimate of drug-likeness (QED) is 0.944. The third-order valence-corrected chi connectivity index (χ3v) is 5.08. The number of aryl methyl sites for hydroxylation is 1. The van der Waals surface area contributed by atoms with Gasteiger partial charge in [0.25, 0.3) is 0 Å². The molecule has 1 atom stereocenters. The third kappa shape index (κ3) is 2.49. The molecule has 0 spiro atoms. The number of rotatable bonds is 3. The molecule has 2 aliphatic rings. The lowest BCUT2D eigenvalue weighted by Crippen LogP contribution is -2.35. The van der Waals surface area contributed by atoms with Crippen LogP contribution in [0.15, 0.2) is 17.6 Å². The molecule has 6 nitrogen and oxygen atoms in total. The van der Waals surface area contributed by atoms with E-state index in [1.54, 1.807) is 17.5 Å². The largest absolute Gasteiger partial charge is 0.323 e. The van der Waals surface area contributed by atoms with Crippen LogP contribution in [-0.4, -0.2) is 32.2 Å². The Morgan fingerprint density at radius 1 is 1.41 bits per heavy atom. The van der Waals surface area contributed by atoms with E-state index in [9.17, 15) is 4.79 Å². The second kappa shape index (κ2) is 5.39. The molecule has 1 unspecified atom stereocenters. The summed E-state index contributed by atoms with van der Waals surface area (Å²) in [5.74, 6) is 0.799. The lowest BCUT2D eigenvalue weighted by atomic mass is 10.2. The molecule has 2 aromatic heterocycles. The van der Waals surface area contributed by atoms with Crippen LogP contribution in [0.5, 0.6) is 0 Å². The van der Waals surface area contributed by atoms with Crippen molar-refractivity contribution in [1.82, 2.24) is 19.7 Å². The first-order valence-corrected chi connectivity index (χ1v) is 8.63. The van der Waals surface area contributed by atoms with Crippen molar-refractivity contribution < 1.29 is 4.79 Å². The van der Waals surface area contributed by atoms with Crippen LogP contribution in [0.25, 0.3) is 0 Å². The smallest absolute Gasteiger partial charge is 0.316 e. The number of hydrogen-bond acceptors (Lipinski definition) is 4. The maximum absolute atomic E-state index is 12.6. The zero-order chi connectivity index (χ0) is 15.1. The standard InChI is InChI=1S/C15H19N5OS/c1-10-17-12(9-22-10)13-3-2-8-19(13)15(21)18-14-6-7-16-20(14)11-4-5-11/h6-7,9,11,13H,2-5,8H2,1H3,(H,18,21). The van der Waals surface area contributed by atoms with Gasteiger partial charge in [-0.2, -0.15) is 5.10 Å². The zero-order valence-electron chi connectivity index (χ0n) is 12.5. The molecule has 22 heavy (non-hydrogen) atoms. The van der Waals surface area contributed by atoms with Crippen LogP contribution < -0.4 is 5.32 Å². The number of urea groups is 1. The minimum atomic E-state index is -0.0458. The zero-order valence-corrected chi connectivity index (χ0v) is 13.3. The van der Waals surface area contributed by atoms with Gasteiger partial charge < -0.3 is 4.90 Å². The van der Waals surface area contributed by atoms with Gasteiger partial charge in [-0.25, -0.2) is 14.5 Å². The number of anilines is 1. The lowest BCUT2D eigenvalue weighted by Gasteiger charge is -2.24. The number of nitrogens with one attached hydrogen (secondary N) is 1. The van der Waals surface area contributed by atoms with Crippen LogP contribution in [0.4, 0.5) is 10.6 Å². The van der Waals surface area contributed by atoms with E-state index in [0.29, 0.717) is 6.04 Å². The summed E-state index contributed by atoms with van der Waals surface area (Å²) >= 11 is 1.64. The molecule has 1 saturated heterocycles. The molecule has 0 bridgehead atoms. The van der Waals surface area contributed by atoms with E-state index >= 15 is 0 Å². The van der Waals surface area contributed by atoms with E-state index in [-0.39, 0.29) is 12.1 Å². The summed E-state index contributed by atoms with van der Waals surface area (Å²) in [4.78, 5) is 19.1. The lowest BCUT2D eigenvalue weighted by molar-refractivity contribution is 0.206. The molecule has 4 rings (SSSR count). The molecule has 1 aliphatic carbocycles. The predicted octanol–water partition coefficient (Wildman–Crippen LogP) is 3.35. The number of likely N-dealkylation sites (tertiary alicyclic amines) is 1. The predicted molar refractivity (Wildman–Crippen MR) is 85.0 cm³/mol. The average Bonchev–Trinajstić information content (AvgIpc) is 2.93. The van der Waals surface area contributed by atoms with Crippen molar-refractivity contribution in [3.8, 4) is 0 Å². The molecule has 7 heteroatoms. The average molecular weight is 317 g/mol. The normalized spacial score (nSPS) is 21.3. The number of thiazole rings is 1. The summed E-state index contributed by atoms with van der Waals surface area (Å²) in [6, 6.07) is 2.38. The topological polar surface area (TPSA) is 63.1 Å². The van der Waals surface area contributed by atoms with Gasteiger partial charge in [-0.05, 0) is 32.6 Å². The monoisotopic (exact) mass is 317 g/mol. The molecule has 1 saturated carbocycles. The van der Waals surface area contributed by atoms with Crippen molar-refractivity contribution >= 4 is 23.2 Å². The third-order valence-electron chi connectivity index (χ3n) is 4.29. The van der Waals surface area contributed by atoms with Crippen LogP contribution >= 0.6 is 11.3 Å². The van der Waals surface area contributed by atoms with E-state index in [1.165, 1.54) is 0 Å². The van der Waals surface area contributed by atoms with Gasteiger partial charge in [-0.1, -0.05) is 0 Å². The van der Waals surface area contributed by atoms with Gasteiger partial charge in [0.2, 0.25) is 0 Å². The molecule has 1 N–H and O–H groups in total. The Hall–Kier alpha value is -1.89. The summed E-state index contributed by atoms with van der Waals surface area (Å²) in [6.45, 7) is 2.78. The van der Waals surface area contributed by atoms with Crippen LogP contribution in [0.2, 0.25) is 0 Å². The highest BCUT2D eigenvalue weighted by Crippen LogP contribution is 2.37. The molecule has 2 aromatic rings. The van der Waals surface area contributed by atoms with Crippen molar-refractivity contribution in [1.29, 1.82) is 0 Å². The second-order valence-electron chi connectivity index (χ2n) is 5.97. The van der Waals surface area contributed by atoms with Gasteiger partial charge in [0.1, 0.15) is 5.82 Å². The maximum atomic E-state index is 12.6. The Kier molecular flexibility index (Phi) is 3.37. The van der Waals surface area contributed by atoms with Crippen LogP contribution in [-0.2, 0) is 0 Å². The van der Waals surface area contributed by atoms with Gasteiger partial charge >= 0.3 is 6.03 Å². The fourth-order valence-electron chi connectivity index (χ4n) is 3.06. The number of carbonyl (C=O) groups is 1. The Morgan fingerprint density at radius 3 is 3.00 bits per heavy atom. The molecule has 0 radical (unpaired) electrons. The van der Waals surface area contributed by atoms with Gasteiger partial charge in [-0.15, -0.1) is 11.3 Å². The van der Waals surface area contributed by atoms with E-state index < -0.39 is 0 Å². The number of nitrogens with zero attached hydrogens (tertiary/aromatic N) is 4. The highest BCUT2D eigenvalue weighted by Gasteiger charge is 2.33. The highest BCUT2D eigenvalue weighted by molar-refractivity contribution is 7.09. The van der Waals surface area contributed by atoms with Gasteiger partial charge in [0.05, 0.1) is 29.0 Å². The highest BCUT2D eigenvalue weighted by atomic mass is 32.1. The first-order chi connectivity index (χ1) is 10.7. The maximum Gasteiger partial charge on any atom is 0.323 e. The van der Waals surface area contributed by atoms with Crippen molar-refractivity contribution in [2.24, 2.45) is 0 Å². The molecular formula is C15H19N5OS. The number of amides is 2. The number of aromatic nitrogens is 3. The van der Waals surface area contributed by atoms with Crippen molar-refractivity contribution in [2.75, 3.05) is 11.9 Å². The summed E-state index contributed by atoms with van der Waals surface area (Å²) in [6.07, 6.45) is 6.05. The molecule has 3 heterocycles. The first-order valence-electron chi connectivity index (χ1n) is 7.75. The molecular weight excluding hydrogens is 298 g/mol. The molecule has 0 aromatic carbocycles. The summed E-state index contributed by atoms with van der Waals surface area (Å²) < 4.78 is 1.93. The summed E-state index contributed by atoms with van der Waals surface area (Å²) in [5.41, 5.74) is 1.02. The Labute approximate surface area is 133 Å². The minimum absolute atomic E-state index is 0.0458. The van der Waals surface area contributed by atoms with Crippen LogP contribution in [0.1, 0.15) is 48.5 Å². The molecule has 2 amide bonds. The van der Waals surface area contributed by atoms with Crippen molar-refractivity contribution in [3.63, 3.8) is 0 Å². The molecule has 116 valence electrons. The SMILES string of the molecule is Cc1nc(C2CCCN2C(=O)Nc2ccnn2C2CC2)cs1. The van der Waals surface area contributed by atoms with Gasteiger partial charge in [0.15, 0.2) is 0 Å². The fraction of sp³-hybridized carbons (Fsp3) is 0.533. The second-order valence-corrected chi connectivity index (χ2v) is 7.03. The van der Waals surface area contributed by atoms with Crippen LogP contribution in [0, 0.1) is 6.92 Å². The molecule has 2 fully saturated rings. The Morgan fingerprint density at radius 2 is 2.27 bits per heavy atom. The van der Waals surface area contributed by atoms with Crippen molar-refractivity contribution in [3.05, 3.63) is 28.3 Å². The Balaban J connectivity index is 1.50. The Bertz CT molecular complexity index is 690. The van der Waals surface area contributed by atoms with Gasteiger partial charge in [0, 0.05) is 18.0 Å². The van der Waals surface area contributed by atoms with Crippen molar-refractivity contribution in [2.45, 2.75) is 44.7 Å². The summed E-state index contributed by atoms with van der Waals surface area (Å²) in [7, 11) is 0. The first kappa shape index (κ1) is 13.8. The van der Waals surface area contributed by atoms with E-state index in [4.69, 9.17) is 0 Å². The van der Waals surface area contributed by atoms with E-state index in [2.05, 4.69) is 20.8 Å². The minimum Gasteiger partial charge on any atom is -0.316 e. The van der Waals surface area contributed by atoms with E-state index in [0.717, 1.165) is 48.7 Å². The van der Waals surface area contributed by atoms with Gasteiger partial charge in [-0.3, -0.25) is 5.32 Å².